The van der Waals surface area contributed by atoms with Crippen LogP contribution in [0.1, 0.15) is 5.56 Å². The van der Waals surface area contributed by atoms with Crippen LogP contribution in [-0.2, 0) is 6.54 Å². The number of hydrogen-bond acceptors (Lipinski definition) is 2. The molecule has 0 aliphatic rings. The lowest BCUT2D eigenvalue weighted by Crippen LogP contribution is -2.11. The van der Waals surface area contributed by atoms with Crippen molar-refractivity contribution in [2.45, 2.75) is 6.54 Å². The monoisotopic (exact) mass is 188 g/mol. The van der Waals surface area contributed by atoms with Crippen molar-refractivity contribution in [1.82, 2.24) is 4.68 Å². The zero-order valence-electron chi connectivity index (χ0n) is 7.72. The van der Waals surface area contributed by atoms with Crippen LogP contribution in [0.3, 0.4) is 0 Å². The van der Waals surface area contributed by atoms with Gasteiger partial charge in [-0.1, -0.05) is 18.2 Å². The molecule has 0 unspecified atom stereocenters. The lowest BCUT2D eigenvalue weighted by Gasteiger charge is -2.08. The molecule has 0 spiro atoms. The van der Waals surface area contributed by atoms with Gasteiger partial charge < -0.3 is 10.5 Å². The largest absolute Gasteiger partial charge is 0.508 e. The molecule has 0 amide bonds. The van der Waals surface area contributed by atoms with E-state index in [4.69, 9.17) is 0 Å². The van der Waals surface area contributed by atoms with Gasteiger partial charge in [0.15, 0.2) is 0 Å². The number of nitrogens with zero attached hydrogens (tertiary/aromatic N) is 1. The van der Waals surface area contributed by atoms with Crippen molar-refractivity contribution >= 4 is 0 Å². The van der Waals surface area contributed by atoms with Gasteiger partial charge in [0, 0.05) is 18.0 Å². The number of benzene rings is 1. The Morgan fingerprint density at radius 1 is 1.07 bits per heavy atom. The molecule has 2 aromatic rings. The van der Waals surface area contributed by atoms with Crippen LogP contribution in [-0.4, -0.2) is 9.78 Å². The Labute approximate surface area is 82.6 Å². The van der Waals surface area contributed by atoms with E-state index in [-0.39, 0.29) is 0 Å². The van der Waals surface area contributed by atoms with Gasteiger partial charge in [-0.25, -0.2) is 0 Å². The standard InChI is InChI=1S/C11H12N2O/c14-11-6-2-1-5-10(11)9-12-13-7-3-4-8-13/h1-8,12,14H,9H2. The highest BCUT2D eigenvalue weighted by atomic mass is 16.3. The smallest absolute Gasteiger partial charge is 0.120 e. The molecule has 1 aromatic heterocycles. The zero-order valence-corrected chi connectivity index (χ0v) is 7.72. The van der Waals surface area contributed by atoms with Gasteiger partial charge in [0.25, 0.3) is 0 Å². The molecule has 0 radical (unpaired) electrons. The molecular formula is C11H12N2O. The van der Waals surface area contributed by atoms with Crippen molar-refractivity contribution in [1.29, 1.82) is 0 Å². The average Bonchev–Trinajstić information content (AvgIpc) is 2.69. The van der Waals surface area contributed by atoms with Crippen LogP contribution in [0.25, 0.3) is 0 Å². The number of para-hydroxylation sites is 1. The maximum Gasteiger partial charge on any atom is 0.120 e. The Kier molecular flexibility index (Phi) is 2.40. The van der Waals surface area contributed by atoms with Crippen LogP contribution in [0, 0.1) is 0 Å². The maximum atomic E-state index is 9.49. The third-order valence-corrected chi connectivity index (χ3v) is 2.05. The predicted molar refractivity (Wildman–Crippen MR) is 55.6 cm³/mol. The van der Waals surface area contributed by atoms with Crippen LogP contribution < -0.4 is 5.43 Å². The fraction of sp³-hybridized carbons (Fsp3) is 0.0909. The highest BCUT2D eigenvalue weighted by Gasteiger charge is 1.97. The molecule has 0 saturated heterocycles. The topological polar surface area (TPSA) is 37.2 Å². The number of aromatic hydroxyl groups is 1. The SMILES string of the molecule is Oc1ccccc1CNn1cccc1. The first-order valence-electron chi connectivity index (χ1n) is 4.50. The van der Waals surface area contributed by atoms with E-state index in [1.165, 1.54) is 0 Å². The molecule has 2 N–H and O–H groups in total. The fourth-order valence-electron chi connectivity index (χ4n) is 1.28. The van der Waals surface area contributed by atoms with Gasteiger partial charge in [-0.15, -0.1) is 0 Å². The minimum Gasteiger partial charge on any atom is -0.508 e. The molecule has 3 heteroatoms. The number of hydrogen-bond donors (Lipinski definition) is 2. The molecule has 0 atom stereocenters. The molecule has 1 heterocycles. The van der Waals surface area contributed by atoms with E-state index in [9.17, 15) is 5.11 Å². The summed E-state index contributed by atoms with van der Waals surface area (Å²) in [6.45, 7) is 0.612. The molecule has 14 heavy (non-hydrogen) atoms. The van der Waals surface area contributed by atoms with E-state index in [1.54, 1.807) is 6.07 Å². The first-order chi connectivity index (χ1) is 6.86. The summed E-state index contributed by atoms with van der Waals surface area (Å²) in [5.41, 5.74) is 4.03. The van der Waals surface area contributed by atoms with Gasteiger partial charge in [-0.05, 0) is 18.2 Å². The summed E-state index contributed by atoms with van der Waals surface area (Å²) in [5, 5.41) is 9.49. The predicted octanol–water partition coefficient (Wildman–Crippen LogP) is 1.94. The Balaban J connectivity index is 2.02. The van der Waals surface area contributed by atoms with Crippen molar-refractivity contribution in [3.63, 3.8) is 0 Å². The van der Waals surface area contributed by atoms with E-state index in [0.717, 1.165) is 5.56 Å². The molecule has 2 rings (SSSR count). The van der Waals surface area contributed by atoms with E-state index in [1.807, 2.05) is 47.4 Å². The van der Waals surface area contributed by atoms with Gasteiger partial charge in [0.1, 0.15) is 5.75 Å². The third-order valence-electron chi connectivity index (χ3n) is 2.05. The van der Waals surface area contributed by atoms with Gasteiger partial charge in [0.2, 0.25) is 0 Å². The second kappa shape index (κ2) is 3.87. The van der Waals surface area contributed by atoms with Gasteiger partial charge in [-0.2, -0.15) is 0 Å². The van der Waals surface area contributed by atoms with E-state index in [2.05, 4.69) is 5.43 Å². The Morgan fingerprint density at radius 2 is 1.79 bits per heavy atom. The number of aromatic nitrogens is 1. The molecular weight excluding hydrogens is 176 g/mol. The molecule has 0 saturated carbocycles. The first kappa shape index (κ1) is 8.69. The molecule has 72 valence electrons. The summed E-state index contributed by atoms with van der Waals surface area (Å²) in [5.74, 6) is 0.326. The van der Waals surface area contributed by atoms with Crippen LogP contribution in [0.5, 0.6) is 5.75 Å². The molecule has 3 nitrogen and oxygen atoms in total. The minimum atomic E-state index is 0.326. The second-order valence-electron chi connectivity index (χ2n) is 3.05. The fourth-order valence-corrected chi connectivity index (χ4v) is 1.28. The van der Waals surface area contributed by atoms with E-state index < -0.39 is 0 Å². The normalized spacial score (nSPS) is 10.0. The van der Waals surface area contributed by atoms with Crippen molar-refractivity contribution in [2.24, 2.45) is 0 Å². The molecule has 0 bridgehead atoms. The van der Waals surface area contributed by atoms with E-state index >= 15 is 0 Å². The van der Waals surface area contributed by atoms with Crippen molar-refractivity contribution in [3.05, 3.63) is 54.4 Å². The molecule has 0 fully saturated rings. The third kappa shape index (κ3) is 1.88. The highest BCUT2D eigenvalue weighted by molar-refractivity contribution is 5.32. The average molecular weight is 188 g/mol. The number of phenolic OH excluding ortho intramolecular Hbond substituents is 1. The first-order valence-corrected chi connectivity index (χ1v) is 4.50. The summed E-state index contributed by atoms with van der Waals surface area (Å²) in [6.07, 6.45) is 3.83. The zero-order chi connectivity index (χ0) is 9.80. The maximum absolute atomic E-state index is 9.49. The number of nitrogens with one attached hydrogen (secondary N) is 1. The van der Waals surface area contributed by atoms with Crippen LogP contribution in [0.2, 0.25) is 0 Å². The quantitative estimate of drug-likeness (QED) is 0.772. The van der Waals surface area contributed by atoms with Gasteiger partial charge in [-0.3, -0.25) is 4.68 Å². The number of phenols is 1. The van der Waals surface area contributed by atoms with E-state index in [0.29, 0.717) is 12.3 Å². The summed E-state index contributed by atoms with van der Waals surface area (Å²) >= 11 is 0. The summed E-state index contributed by atoms with van der Waals surface area (Å²) in [6, 6.07) is 11.2. The lowest BCUT2D eigenvalue weighted by atomic mass is 10.2. The summed E-state index contributed by atoms with van der Waals surface area (Å²) in [4.78, 5) is 0. The number of rotatable bonds is 3. The summed E-state index contributed by atoms with van der Waals surface area (Å²) < 4.78 is 1.85. The van der Waals surface area contributed by atoms with Gasteiger partial charge in [0.05, 0.1) is 6.54 Å². The Morgan fingerprint density at radius 3 is 2.50 bits per heavy atom. The minimum absolute atomic E-state index is 0.326. The van der Waals surface area contributed by atoms with Crippen LogP contribution in [0.15, 0.2) is 48.8 Å². The van der Waals surface area contributed by atoms with Crippen molar-refractivity contribution in [3.8, 4) is 5.75 Å². The van der Waals surface area contributed by atoms with Crippen molar-refractivity contribution in [2.75, 3.05) is 5.43 Å². The summed E-state index contributed by atoms with van der Waals surface area (Å²) in [7, 11) is 0. The Bertz CT molecular complexity index is 395. The van der Waals surface area contributed by atoms with Gasteiger partial charge >= 0.3 is 0 Å². The highest BCUT2D eigenvalue weighted by Crippen LogP contribution is 2.15. The second-order valence-corrected chi connectivity index (χ2v) is 3.05. The molecule has 0 aliphatic heterocycles. The van der Waals surface area contributed by atoms with Crippen molar-refractivity contribution < 1.29 is 5.11 Å². The molecule has 0 aliphatic carbocycles. The molecule has 1 aromatic carbocycles. The lowest BCUT2D eigenvalue weighted by molar-refractivity contribution is 0.468. The van der Waals surface area contributed by atoms with Crippen LogP contribution in [0.4, 0.5) is 0 Å². The Hall–Kier alpha value is -1.90. The van der Waals surface area contributed by atoms with Crippen LogP contribution >= 0.6 is 0 Å².